The molecule has 9 heteroatoms. The summed E-state index contributed by atoms with van der Waals surface area (Å²) in [5.41, 5.74) is 0. The minimum Gasteiger partial charge on any atom is -0.492 e. The molecular formula is C17H16Cl5NO3. The highest BCUT2D eigenvalue weighted by atomic mass is 35.5. The smallest absolute Gasteiger partial charge is 0.140 e. The second kappa shape index (κ2) is 13.4. The van der Waals surface area contributed by atoms with E-state index in [1.54, 1.807) is 18.2 Å². The van der Waals surface area contributed by atoms with Crippen molar-refractivity contribution < 1.29 is 14.2 Å². The van der Waals surface area contributed by atoms with E-state index in [-0.39, 0.29) is 26.2 Å². The first kappa shape index (κ1) is 23.2. The molecule has 0 heterocycles. The zero-order valence-corrected chi connectivity index (χ0v) is 17.4. The van der Waals surface area contributed by atoms with E-state index in [1.165, 1.54) is 12.2 Å². The van der Waals surface area contributed by atoms with Crippen molar-refractivity contribution in [3.63, 3.8) is 0 Å². The molecule has 0 N–H and O–H groups in total. The first-order chi connectivity index (χ1) is 12.5. The third kappa shape index (κ3) is 9.23. The number of nitriles is 1. The Hall–Kier alpha value is -0.800. The van der Waals surface area contributed by atoms with Crippen LogP contribution in [-0.4, -0.2) is 26.4 Å². The standard InChI is InChI=1S/C17H16Cl5NO3/c18-12(11-23)5-9-24-7-1-2-8-25-13-3-4-14(17(22)16(13)21)26-10-6-15(19)20/h3-6H,1-2,7-10H2/b12-5-. The number of hydrogen-bond acceptors (Lipinski definition) is 4. The van der Waals surface area contributed by atoms with Gasteiger partial charge in [0.1, 0.15) is 43.7 Å². The van der Waals surface area contributed by atoms with E-state index in [4.69, 9.17) is 77.5 Å². The molecule has 0 amide bonds. The third-order valence-electron chi connectivity index (χ3n) is 2.92. The molecule has 0 radical (unpaired) electrons. The summed E-state index contributed by atoms with van der Waals surface area (Å²) in [5, 5.41) is 9.13. The fraction of sp³-hybridized carbons (Fsp3) is 0.353. The Morgan fingerprint density at radius 3 is 2.15 bits per heavy atom. The van der Waals surface area contributed by atoms with Crippen LogP contribution in [0.1, 0.15) is 12.8 Å². The van der Waals surface area contributed by atoms with Gasteiger partial charge >= 0.3 is 0 Å². The molecule has 0 aliphatic carbocycles. The summed E-state index contributed by atoms with van der Waals surface area (Å²) in [4.78, 5) is 0. The van der Waals surface area contributed by atoms with Crippen molar-refractivity contribution in [3.05, 3.63) is 43.9 Å². The topological polar surface area (TPSA) is 51.5 Å². The van der Waals surface area contributed by atoms with Gasteiger partial charge in [-0.1, -0.05) is 58.0 Å². The minimum atomic E-state index is 0.111. The van der Waals surface area contributed by atoms with Gasteiger partial charge in [-0.05, 0) is 37.1 Å². The van der Waals surface area contributed by atoms with Crippen LogP contribution < -0.4 is 9.47 Å². The maximum atomic E-state index is 8.48. The van der Waals surface area contributed by atoms with Gasteiger partial charge in [-0.2, -0.15) is 5.26 Å². The lowest BCUT2D eigenvalue weighted by Crippen LogP contribution is -2.02. The quantitative estimate of drug-likeness (QED) is 0.279. The Morgan fingerprint density at radius 1 is 0.923 bits per heavy atom. The summed E-state index contributed by atoms with van der Waals surface area (Å²) in [7, 11) is 0. The Labute approximate surface area is 177 Å². The van der Waals surface area contributed by atoms with Crippen LogP contribution in [0.3, 0.4) is 0 Å². The molecule has 26 heavy (non-hydrogen) atoms. The molecule has 0 aliphatic rings. The van der Waals surface area contributed by atoms with Crippen LogP contribution in [0.4, 0.5) is 0 Å². The second-order valence-corrected chi connectivity index (χ2v) is 6.96. The molecule has 0 saturated heterocycles. The van der Waals surface area contributed by atoms with Crippen molar-refractivity contribution >= 4 is 58.0 Å². The number of rotatable bonds is 11. The lowest BCUT2D eigenvalue weighted by atomic mass is 10.3. The van der Waals surface area contributed by atoms with Gasteiger partial charge in [-0.25, -0.2) is 0 Å². The van der Waals surface area contributed by atoms with Gasteiger partial charge in [0.15, 0.2) is 0 Å². The monoisotopic (exact) mass is 457 g/mol. The molecular weight excluding hydrogens is 443 g/mol. The van der Waals surface area contributed by atoms with E-state index in [0.29, 0.717) is 31.3 Å². The largest absolute Gasteiger partial charge is 0.492 e. The minimum absolute atomic E-state index is 0.111. The van der Waals surface area contributed by atoms with E-state index in [9.17, 15) is 0 Å². The van der Waals surface area contributed by atoms with Crippen LogP contribution in [0.15, 0.2) is 33.8 Å². The van der Waals surface area contributed by atoms with Crippen LogP contribution in [0.25, 0.3) is 0 Å². The highest BCUT2D eigenvalue weighted by Crippen LogP contribution is 2.39. The summed E-state index contributed by atoms with van der Waals surface area (Å²) < 4.78 is 16.5. The van der Waals surface area contributed by atoms with Gasteiger partial charge in [0.2, 0.25) is 0 Å². The van der Waals surface area contributed by atoms with E-state index < -0.39 is 0 Å². The van der Waals surface area contributed by atoms with Gasteiger partial charge in [-0.15, -0.1) is 0 Å². The first-order valence-corrected chi connectivity index (χ1v) is 9.43. The summed E-state index contributed by atoms with van der Waals surface area (Å²) >= 11 is 28.9. The Kier molecular flexibility index (Phi) is 12.0. The number of nitrogens with zero attached hydrogens (tertiary/aromatic N) is 1. The Bertz CT molecular complexity index is 682. The fourth-order valence-electron chi connectivity index (χ4n) is 1.68. The van der Waals surface area contributed by atoms with Crippen molar-refractivity contribution in [1.82, 2.24) is 0 Å². The third-order valence-corrected chi connectivity index (χ3v) is 4.31. The maximum absolute atomic E-state index is 8.48. The molecule has 4 nitrogen and oxygen atoms in total. The van der Waals surface area contributed by atoms with Crippen LogP contribution >= 0.6 is 58.0 Å². The molecule has 0 unspecified atom stereocenters. The molecule has 0 atom stereocenters. The fourth-order valence-corrected chi connectivity index (χ4v) is 2.29. The van der Waals surface area contributed by atoms with Gasteiger partial charge in [-0.3, -0.25) is 0 Å². The molecule has 142 valence electrons. The Balaban J connectivity index is 2.34. The number of hydrogen-bond donors (Lipinski definition) is 0. The zero-order valence-electron chi connectivity index (χ0n) is 13.6. The molecule has 1 rings (SSSR count). The first-order valence-electron chi connectivity index (χ1n) is 7.54. The molecule has 0 spiro atoms. The molecule has 0 fully saturated rings. The predicted octanol–water partition coefficient (Wildman–Crippen LogP) is 6.51. The van der Waals surface area contributed by atoms with Crippen molar-refractivity contribution in [3.8, 4) is 17.6 Å². The van der Waals surface area contributed by atoms with Crippen LogP contribution in [-0.2, 0) is 4.74 Å². The molecule has 1 aromatic rings. The second-order valence-electron chi connectivity index (χ2n) is 4.79. The maximum Gasteiger partial charge on any atom is 0.140 e. The number of unbranched alkanes of at least 4 members (excludes halogenated alkanes) is 1. The molecule has 0 saturated carbocycles. The summed E-state index contributed by atoms with van der Waals surface area (Å²) in [5.74, 6) is 0.881. The van der Waals surface area contributed by atoms with Crippen molar-refractivity contribution in [2.75, 3.05) is 26.4 Å². The van der Waals surface area contributed by atoms with Crippen molar-refractivity contribution in [1.29, 1.82) is 5.26 Å². The zero-order chi connectivity index (χ0) is 19.4. The molecule has 1 aromatic carbocycles. The lowest BCUT2D eigenvalue weighted by molar-refractivity contribution is 0.152. The number of benzene rings is 1. The van der Waals surface area contributed by atoms with E-state index in [2.05, 4.69) is 0 Å². The molecule has 0 aliphatic heterocycles. The predicted molar refractivity (Wildman–Crippen MR) is 107 cm³/mol. The van der Waals surface area contributed by atoms with Crippen LogP contribution in [0.5, 0.6) is 11.5 Å². The van der Waals surface area contributed by atoms with Gasteiger partial charge in [0.25, 0.3) is 0 Å². The highest BCUT2D eigenvalue weighted by molar-refractivity contribution is 6.55. The van der Waals surface area contributed by atoms with Crippen molar-refractivity contribution in [2.24, 2.45) is 0 Å². The number of halogens is 5. The van der Waals surface area contributed by atoms with Crippen LogP contribution in [0, 0.1) is 11.3 Å². The molecule has 0 aromatic heterocycles. The average Bonchev–Trinajstić information content (AvgIpc) is 2.61. The van der Waals surface area contributed by atoms with Gasteiger partial charge in [0, 0.05) is 6.61 Å². The summed E-state index contributed by atoms with van der Waals surface area (Å²) in [6.07, 6.45) is 4.56. The SMILES string of the molecule is N#C/C(Cl)=C/COCCCCOc1ccc(OCC=C(Cl)Cl)c(Cl)c1Cl. The van der Waals surface area contributed by atoms with E-state index in [0.717, 1.165) is 12.8 Å². The number of allylic oxidation sites excluding steroid dienone is 1. The lowest BCUT2D eigenvalue weighted by Gasteiger charge is -2.12. The normalized spacial score (nSPS) is 11.0. The van der Waals surface area contributed by atoms with Gasteiger partial charge < -0.3 is 14.2 Å². The average molecular weight is 460 g/mol. The molecule has 0 bridgehead atoms. The van der Waals surface area contributed by atoms with Crippen molar-refractivity contribution in [2.45, 2.75) is 12.8 Å². The van der Waals surface area contributed by atoms with Gasteiger partial charge in [0.05, 0.1) is 13.2 Å². The Morgan fingerprint density at radius 2 is 1.54 bits per heavy atom. The highest BCUT2D eigenvalue weighted by Gasteiger charge is 2.12. The summed E-state index contributed by atoms with van der Waals surface area (Å²) in [6.45, 7) is 1.47. The van der Waals surface area contributed by atoms with E-state index in [1.807, 2.05) is 0 Å². The van der Waals surface area contributed by atoms with E-state index >= 15 is 0 Å². The summed E-state index contributed by atoms with van der Waals surface area (Å²) in [6, 6.07) is 5.15. The number of ether oxygens (including phenoxy) is 3. The van der Waals surface area contributed by atoms with Crippen LogP contribution in [0.2, 0.25) is 10.0 Å².